The van der Waals surface area contributed by atoms with Gasteiger partial charge in [0, 0.05) is 27.7 Å². The summed E-state index contributed by atoms with van der Waals surface area (Å²) in [6.07, 6.45) is 4.03. The van der Waals surface area contributed by atoms with Crippen molar-refractivity contribution >= 4 is 31.9 Å². The SMILES string of the molecule is NCC1CCCOC1c1ncc(Br)cc1Br. The number of aromatic nitrogens is 1. The summed E-state index contributed by atoms with van der Waals surface area (Å²) in [5, 5.41) is 0. The third kappa shape index (κ3) is 2.64. The Labute approximate surface area is 112 Å². The van der Waals surface area contributed by atoms with Crippen LogP contribution in [0.15, 0.2) is 21.2 Å². The van der Waals surface area contributed by atoms with Crippen LogP contribution in [-0.4, -0.2) is 18.1 Å². The van der Waals surface area contributed by atoms with Crippen LogP contribution in [-0.2, 0) is 4.74 Å². The largest absolute Gasteiger partial charge is 0.372 e. The maximum atomic E-state index is 5.80. The Hall–Kier alpha value is 0.0300. The summed E-state index contributed by atoms with van der Waals surface area (Å²) in [6, 6.07) is 1.99. The van der Waals surface area contributed by atoms with Crippen LogP contribution in [0, 0.1) is 5.92 Å². The molecular formula is C11H14Br2N2O. The molecule has 1 saturated heterocycles. The van der Waals surface area contributed by atoms with E-state index in [0.29, 0.717) is 12.5 Å². The topological polar surface area (TPSA) is 48.1 Å². The van der Waals surface area contributed by atoms with Gasteiger partial charge in [0.2, 0.25) is 0 Å². The normalized spacial score (nSPS) is 25.7. The molecule has 2 atom stereocenters. The molecule has 3 nitrogen and oxygen atoms in total. The van der Waals surface area contributed by atoms with E-state index in [0.717, 1.165) is 34.1 Å². The summed E-state index contributed by atoms with van der Waals surface area (Å²) in [5.41, 5.74) is 6.74. The monoisotopic (exact) mass is 348 g/mol. The first-order valence-electron chi connectivity index (χ1n) is 5.35. The highest BCUT2D eigenvalue weighted by Crippen LogP contribution is 2.36. The van der Waals surface area contributed by atoms with Crippen LogP contribution in [0.1, 0.15) is 24.6 Å². The van der Waals surface area contributed by atoms with Gasteiger partial charge in [0.05, 0.1) is 5.69 Å². The summed E-state index contributed by atoms with van der Waals surface area (Å²) in [6.45, 7) is 1.44. The van der Waals surface area contributed by atoms with Crippen molar-refractivity contribution in [1.29, 1.82) is 0 Å². The lowest BCUT2D eigenvalue weighted by Crippen LogP contribution is -2.29. The minimum atomic E-state index is 0.0289. The average molecular weight is 350 g/mol. The average Bonchev–Trinajstić information content (AvgIpc) is 2.29. The second-order valence-corrected chi connectivity index (χ2v) is 5.72. The van der Waals surface area contributed by atoms with Crippen molar-refractivity contribution in [2.45, 2.75) is 18.9 Å². The van der Waals surface area contributed by atoms with Gasteiger partial charge >= 0.3 is 0 Å². The molecule has 88 valence electrons. The lowest BCUT2D eigenvalue weighted by Gasteiger charge is -2.31. The molecular weight excluding hydrogens is 336 g/mol. The fourth-order valence-corrected chi connectivity index (χ4v) is 3.23. The summed E-state index contributed by atoms with van der Waals surface area (Å²) in [5.74, 6) is 0.374. The number of ether oxygens (including phenoxy) is 1. The lowest BCUT2D eigenvalue weighted by molar-refractivity contribution is -0.0281. The lowest BCUT2D eigenvalue weighted by atomic mass is 9.92. The van der Waals surface area contributed by atoms with Gasteiger partial charge in [0.15, 0.2) is 0 Å². The molecule has 0 spiro atoms. The van der Waals surface area contributed by atoms with Gasteiger partial charge in [0.1, 0.15) is 6.10 Å². The Morgan fingerprint density at radius 2 is 2.31 bits per heavy atom. The Balaban J connectivity index is 2.27. The van der Waals surface area contributed by atoms with Crippen LogP contribution in [0.5, 0.6) is 0 Å². The first-order chi connectivity index (χ1) is 7.72. The van der Waals surface area contributed by atoms with E-state index in [-0.39, 0.29) is 6.10 Å². The molecule has 0 saturated carbocycles. The van der Waals surface area contributed by atoms with Gasteiger partial charge in [-0.25, -0.2) is 0 Å². The Kier molecular flexibility index (Phi) is 4.35. The van der Waals surface area contributed by atoms with Gasteiger partial charge in [-0.3, -0.25) is 4.98 Å². The highest BCUT2D eigenvalue weighted by Gasteiger charge is 2.28. The van der Waals surface area contributed by atoms with Gasteiger partial charge in [-0.2, -0.15) is 0 Å². The van der Waals surface area contributed by atoms with E-state index < -0.39 is 0 Å². The van der Waals surface area contributed by atoms with E-state index in [4.69, 9.17) is 10.5 Å². The zero-order chi connectivity index (χ0) is 11.5. The number of halogens is 2. The molecule has 5 heteroatoms. The van der Waals surface area contributed by atoms with Gasteiger partial charge in [-0.15, -0.1) is 0 Å². The zero-order valence-electron chi connectivity index (χ0n) is 8.83. The van der Waals surface area contributed by atoms with Crippen molar-refractivity contribution in [2.75, 3.05) is 13.2 Å². The molecule has 2 unspecified atom stereocenters. The maximum absolute atomic E-state index is 5.80. The van der Waals surface area contributed by atoms with Gasteiger partial charge < -0.3 is 10.5 Å². The maximum Gasteiger partial charge on any atom is 0.105 e. The number of nitrogens with two attached hydrogens (primary N) is 1. The van der Waals surface area contributed by atoms with E-state index in [2.05, 4.69) is 36.8 Å². The highest BCUT2D eigenvalue weighted by molar-refractivity contribution is 9.11. The number of pyridine rings is 1. The van der Waals surface area contributed by atoms with Crippen LogP contribution in [0.2, 0.25) is 0 Å². The first kappa shape index (κ1) is 12.5. The molecule has 0 aromatic carbocycles. The van der Waals surface area contributed by atoms with Crippen molar-refractivity contribution in [2.24, 2.45) is 11.7 Å². The second-order valence-electron chi connectivity index (χ2n) is 3.95. The van der Waals surface area contributed by atoms with Crippen LogP contribution in [0.4, 0.5) is 0 Å². The van der Waals surface area contributed by atoms with Gasteiger partial charge in [-0.1, -0.05) is 0 Å². The number of rotatable bonds is 2. The third-order valence-electron chi connectivity index (χ3n) is 2.85. The van der Waals surface area contributed by atoms with Gasteiger partial charge in [-0.05, 0) is 57.3 Å². The highest BCUT2D eigenvalue weighted by atomic mass is 79.9. The molecule has 1 aromatic rings. The number of nitrogens with zero attached hydrogens (tertiary/aromatic N) is 1. The number of hydrogen-bond donors (Lipinski definition) is 1. The first-order valence-corrected chi connectivity index (χ1v) is 6.93. The van der Waals surface area contributed by atoms with Crippen molar-refractivity contribution in [3.05, 3.63) is 26.9 Å². The zero-order valence-corrected chi connectivity index (χ0v) is 12.0. The molecule has 1 aromatic heterocycles. The van der Waals surface area contributed by atoms with Crippen molar-refractivity contribution in [1.82, 2.24) is 4.98 Å². The summed E-state index contributed by atoms with van der Waals surface area (Å²) < 4.78 is 7.74. The number of hydrogen-bond acceptors (Lipinski definition) is 3. The van der Waals surface area contributed by atoms with E-state index in [1.165, 1.54) is 0 Å². The quantitative estimate of drug-likeness (QED) is 0.892. The Morgan fingerprint density at radius 1 is 1.50 bits per heavy atom. The molecule has 1 fully saturated rings. The Morgan fingerprint density at radius 3 is 3.00 bits per heavy atom. The second kappa shape index (κ2) is 5.58. The van der Waals surface area contributed by atoms with Crippen LogP contribution < -0.4 is 5.73 Å². The molecule has 2 rings (SSSR count). The van der Waals surface area contributed by atoms with E-state index in [9.17, 15) is 0 Å². The van der Waals surface area contributed by atoms with E-state index in [1.807, 2.05) is 6.07 Å². The molecule has 0 amide bonds. The summed E-state index contributed by atoms with van der Waals surface area (Å²) >= 11 is 6.92. The van der Waals surface area contributed by atoms with Crippen LogP contribution >= 0.6 is 31.9 Å². The standard InChI is InChI=1S/C11H14Br2N2O/c12-8-4-9(13)10(15-6-8)11-7(5-14)2-1-3-16-11/h4,6-7,11H,1-3,5,14H2. The molecule has 2 N–H and O–H groups in total. The van der Waals surface area contributed by atoms with Crippen molar-refractivity contribution in [3.8, 4) is 0 Å². The predicted molar refractivity (Wildman–Crippen MR) is 70.1 cm³/mol. The summed E-state index contributed by atoms with van der Waals surface area (Å²) in [4.78, 5) is 4.43. The molecule has 16 heavy (non-hydrogen) atoms. The molecule has 0 bridgehead atoms. The van der Waals surface area contributed by atoms with Crippen molar-refractivity contribution in [3.63, 3.8) is 0 Å². The summed E-state index contributed by atoms with van der Waals surface area (Å²) in [7, 11) is 0. The van der Waals surface area contributed by atoms with Crippen LogP contribution in [0.3, 0.4) is 0 Å². The third-order valence-corrected chi connectivity index (χ3v) is 3.92. The molecule has 0 aliphatic carbocycles. The molecule has 0 radical (unpaired) electrons. The van der Waals surface area contributed by atoms with Gasteiger partial charge in [0.25, 0.3) is 0 Å². The minimum Gasteiger partial charge on any atom is -0.372 e. The smallest absolute Gasteiger partial charge is 0.105 e. The molecule has 1 aliphatic heterocycles. The fraction of sp³-hybridized carbons (Fsp3) is 0.545. The minimum absolute atomic E-state index is 0.0289. The van der Waals surface area contributed by atoms with E-state index >= 15 is 0 Å². The fourth-order valence-electron chi connectivity index (χ4n) is 2.02. The van der Waals surface area contributed by atoms with Crippen molar-refractivity contribution < 1.29 is 4.74 Å². The van der Waals surface area contributed by atoms with E-state index in [1.54, 1.807) is 6.20 Å². The van der Waals surface area contributed by atoms with Crippen LogP contribution in [0.25, 0.3) is 0 Å². The molecule has 1 aliphatic rings. The Bertz CT molecular complexity index is 373. The predicted octanol–water partition coefficient (Wildman–Crippen LogP) is 3.03. The molecule has 2 heterocycles.